The van der Waals surface area contributed by atoms with Crippen LogP contribution in [0.15, 0.2) is 298 Å². The number of benzene rings is 10. The second kappa shape index (κ2) is 27.1. The van der Waals surface area contributed by atoms with E-state index < -0.39 is 6.85 Å². The Morgan fingerprint density at radius 3 is 1.17 bits per heavy atom. The van der Waals surface area contributed by atoms with Crippen molar-refractivity contribution in [1.29, 1.82) is 0 Å². The number of furan rings is 4. The molecule has 0 unspecified atom stereocenters. The van der Waals surface area contributed by atoms with E-state index in [1.165, 1.54) is 71.8 Å². The summed E-state index contributed by atoms with van der Waals surface area (Å²) in [7, 11) is 8.18. The van der Waals surface area contributed by atoms with Crippen molar-refractivity contribution < 1.29 is 40.0 Å². The monoisotopic (exact) mass is 1420 g/mol. The topological polar surface area (TPSA) is 107 Å². The number of fused-ring (bicyclic) bond motifs is 20. The van der Waals surface area contributed by atoms with Gasteiger partial charge in [-0.2, -0.15) is 18.3 Å². The van der Waals surface area contributed by atoms with Crippen molar-refractivity contribution in [1.82, 2.24) is 15.0 Å². The molecule has 109 heavy (non-hydrogen) atoms. The Balaban J connectivity index is 0.000000105. The fraction of sp³-hybridized carbons (Fsp3) is 0.112. The second-order valence-electron chi connectivity index (χ2n) is 28.7. The van der Waals surface area contributed by atoms with Gasteiger partial charge in [-0.15, -0.1) is 0 Å². The molecule has 11 nitrogen and oxygen atoms in total. The first kappa shape index (κ1) is 63.9. The highest BCUT2D eigenvalue weighted by Gasteiger charge is 2.28. The van der Waals surface area contributed by atoms with Crippen molar-refractivity contribution in [2.45, 2.75) is 48.4 Å². The van der Waals surface area contributed by atoms with Crippen LogP contribution in [-0.2, 0) is 28.2 Å². The fourth-order valence-electron chi connectivity index (χ4n) is 16.1. The summed E-state index contributed by atoms with van der Waals surface area (Å²) in [6, 6.07) is 81.2. The first-order valence-electron chi connectivity index (χ1n) is 38.2. The molecule has 10 aromatic carbocycles. The SMILES string of the molecule is Cc1ccc(-c2ccc3c(ccc4oc5c(-c6ccc(C)cc6C)[n+](C)ccc5c43)c2)cc1.Cc1ccccc1-c1c2oc3ccc4cccnc4c3c2cc[n+]1C.Cc1ccccc1-c1c2oc3ccc4ncccc4c3c2cc[n+]1C.[2H]C([2H])([2H])c1ccc(-c2c3oc4ccc5cccnc5c4c3cc[n+]2C)c(C)c1. The molecule has 0 aliphatic heterocycles. The van der Waals surface area contributed by atoms with Crippen molar-refractivity contribution in [3.8, 4) is 56.2 Å². The number of hydrogen-bond donors (Lipinski definition) is 0. The van der Waals surface area contributed by atoms with Gasteiger partial charge in [0.2, 0.25) is 22.3 Å². The molecule has 526 valence electrons. The molecule has 0 aliphatic carbocycles. The summed E-state index contributed by atoms with van der Waals surface area (Å²) >= 11 is 0. The van der Waals surface area contributed by atoms with Crippen LogP contribution in [0.1, 0.15) is 43.1 Å². The fourth-order valence-corrected chi connectivity index (χ4v) is 16.1. The van der Waals surface area contributed by atoms with E-state index in [1.54, 1.807) is 18.3 Å². The van der Waals surface area contributed by atoms with Gasteiger partial charge in [-0.05, 0) is 184 Å². The lowest BCUT2D eigenvalue weighted by atomic mass is 9.97. The Labute approximate surface area is 634 Å². The third-order valence-corrected chi connectivity index (χ3v) is 21.5. The van der Waals surface area contributed by atoms with Gasteiger partial charge in [0.1, 0.15) is 50.5 Å². The van der Waals surface area contributed by atoms with E-state index in [9.17, 15) is 0 Å². The van der Waals surface area contributed by atoms with Gasteiger partial charge in [-0.3, -0.25) is 15.0 Å². The van der Waals surface area contributed by atoms with Gasteiger partial charge in [0.05, 0.1) is 49.6 Å². The molecule has 0 aliphatic rings. The van der Waals surface area contributed by atoms with E-state index in [0.29, 0.717) is 5.56 Å². The maximum atomic E-state index is 7.67. The number of nitrogens with zero attached hydrogens (tertiary/aromatic N) is 7. The highest BCUT2D eigenvalue weighted by Crippen LogP contribution is 2.44. The van der Waals surface area contributed by atoms with Gasteiger partial charge in [0, 0.05) is 95.4 Å². The van der Waals surface area contributed by atoms with Crippen LogP contribution in [0.2, 0.25) is 0 Å². The second-order valence-corrected chi connectivity index (χ2v) is 28.7. The van der Waals surface area contributed by atoms with Crippen LogP contribution in [0, 0.1) is 48.4 Å². The smallest absolute Gasteiger partial charge is 0.256 e. The highest BCUT2D eigenvalue weighted by molar-refractivity contribution is 6.23. The number of aryl methyl sites for hydroxylation is 11. The average molecular weight is 1420 g/mol. The summed E-state index contributed by atoms with van der Waals surface area (Å²) in [5.74, 6) is 0. The molecule has 0 saturated carbocycles. The van der Waals surface area contributed by atoms with Crippen LogP contribution in [0.3, 0.4) is 0 Å². The largest absolute Gasteiger partial charge is 0.449 e. The number of rotatable bonds is 5. The van der Waals surface area contributed by atoms with E-state index >= 15 is 0 Å². The van der Waals surface area contributed by atoms with E-state index in [4.69, 9.17) is 21.8 Å². The molecular weight excluding hydrogens is 1340 g/mol. The molecule has 21 aromatic rings. The predicted octanol–water partition coefficient (Wildman–Crippen LogP) is 22.9. The van der Waals surface area contributed by atoms with Crippen molar-refractivity contribution in [2.24, 2.45) is 28.2 Å². The van der Waals surface area contributed by atoms with Gasteiger partial charge in [0.25, 0.3) is 22.8 Å². The maximum absolute atomic E-state index is 7.67. The number of pyridine rings is 7. The highest BCUT2D eigenvalue weighted by atomic mass is 16.3. The van der Waals surface area contributed by atoms with Crippen LogP contribution < -0.4 is 18.3 Å². The van der Waals surface area contributed by atoms with Gasteiger partial charge in [-0.25, -0.2) is 0 Å². The van der Waals surface area contributed by atoms with Crippen molar-refractivity contribution >= 4 is 131 Å². The van der Waals surface area contributed by atoms with Gasteiger partial charge in [-0.1, -0.05) is 138 Å². The first-order chi connectivity index (χ1) is 54.3. The molecule has 11 aromatic heterocycles. The summed E-state index contributed by atoms with van der Waals surface area (Å²) in [4.78, 5) is 13.7. The summed E-state index contributed by atoms with van der Waals surface area (Å²) in [5.41, 5.74) is 28.7. The third kappa shape index (κ3) is 11.7. The van der Waals surface area contributed by atoms with Crippen molar-refractivity contribution in [3.63, 3.8) is 0 Å². The zero-order chi connectivity index (χ0) is 77.0. The summed E-state index contributed by atoms with van der Waals surface area (Å²) in [6.07, 6.45) is 13.8. The molecule has 0 saturated heterocycles. The van der Waals surface area contributed by atoms with Gasteiger partial charge in [0.15, 0.2) is 24.8 Å². The minimum absolute atomic E-state index is 0.341. The zero-order valence-corrected chi connectivity index (χ0v) is 62.3. The molecular formula is C98H79N7O4+4. The lowest BCUT2D eigenvalue weighted by molar-refractivity contribution is -0.659. The van der Waals surface area contributed by atoms with Crippen LogP contribution in [0.4, 0.5) is 0 Å². The van der Waals surface area contributed by atoms with E-state index in [-0.39, 0.29) is 0 Å². The number of aromatic nitrogens is 7. The van der Waals surface area contributed by atoms with E-state index in [0.717, 1.165) is 149 Å². The lowest BCUT2D eigenvalue weighted by Crippen LogP contribution is -2.30. The van der Waals surface area contributed by atoms with E-state index in [1.807, 2.05) is 104 Å². The molecule has 11 heteroatoms. The van der Waals surface area contributed by atoms with Crippen LogP contribution in [-0.4, -0.2) is 15.0 Å². The number of hydrogen-bond acceptors (Lipinski definition) is 7. The Hall–Kier alpha value is -13.5. The first-order valence-corrected chi connectivity index (χ1v) is 36.7. The van der Waals surface area contributed by atoms with Crippen LogP contribution in [0.25, 0.3) is 187 Å². The average Bonchev–Trinajstić information content (AvgIpc) is 1.57. The molecule has 0 fully saturated rings. The van der Waals surface area contributed by atoms with Crippen LogP contribution >= 0.6 is 0 Å². The predicted molar refractivity (Wildman–Crippen MR) is 443 cm³/mol. The normalized spacial score (nSPS) is 12.1. The molecule has 21 rings (SSSR count). The molecule has 0 N–H and O–H groups in total. The molecule has 11 heterocycles. The Kier molecular flexibility index (Phi) is 15.9. The molecule has 0 spiro atoms. The van der Waals surface area contributed by atoms with Crippen molar-refractivity contribution in [3.05, 3.63) is 319 Å². The summed E-state index contributed by atoms with van der Waals surface area (Å²) in [6.45, 7) is 10.5. The maximum Gasteiger partial charge on any atom is 0.256 e. The Morgan fingerprint density at radius 1 is 0.284 bits per heavy atom. The third-order valence-electron chi connectivity index (χ3n) is 21.5. The lowest BCUT2D eigenvalue weighted by Gasteiger charge is -2.06. The quantitative estimate of drug-likeness (QED) is 0.158. The molecule has 0 radical (unpaired) electrons. The minimum Gasteiger partial charge on any atom is -0.449 e. The molecule has 0 atom stereocenters. The van der Waals surface area contributed by atoms with Crippen LogP contribution in [0.5, 0.6) is 0 Å². The van der Waals surface area contributed by atoms with Crippen molar-refractivity contribution in [2.75, 3.05) is 0 Å². The summed E-state index contributed by atoms with van der Waals surface area (Å²) < 4.78 is 56.9. The Bertz CT molecular complexity index is 7190. The minimum atomic E-state index is -2.12. The molecule has 0 amide bonds. The Morgan fingerprint density at radius 2 is 0.679 bits per heavy atom. The van der Waals surface area contributed by atoms with Gasteiger partial charge < -0.3 is 17.7 Å². The zero-order valence-electron chi connectivity index (χ0n) is 65.3. The van der Waals surface area contributed by atoms with E-state index in [2.05, 4.69) is 261 Å². The summed E-state index contributed by atoms with van der Waals surface area (Å²) in [5, 5.41) is 14.6. The molecule has 0 bridgehead atoms. The standard InChI is InChI=1S/C31H26NO.C23H19N2O.2C22H17N2O/c1-19-5-8-22(9-6-19)23-10-13-26-24(18-23)11-14-28-29(26)27-15-16-32(4)30(31(27)33-28)25-12-7-20(2)17-21(25)3;1-14-6-8-17(15(2)13-14)22-23-18(10-12-25(22)3)20-19(26-23)9-7-16-5-4-11-24-21(16)20;1-14-6-3-4-8-16(14)21-22-17(11-13-24(21)2)19-18(25-22)10-9-15-7-5-12-23-20(15)19;1-14-6-3-4-7-15(14)21-22-17(11-13-24(21)2)20-16-8-5-12-23-18(16)9-10-19(20)25-22/h5-18H,1-4H3;4-13H,1-3H3;2*3-13H,1-2H3/q4*+1/i;1D3;;. The van der Waals surface area contributed by atoms with Gasteiger partial charge >= 0.3 is 0 Å².